The van der Waals surface area contributed by atoms with Crippen molar-refractivity contribution in [1.29, 1.82) is 0 Å². The number of Topliss-reactive ketones (excluding diaryl/α,β-unsaturated/α-hetero) is 1. The Morgan fingerprint density at radius 1 is 0.945 bits per heavy atom. The van der Waals surface area contributed by atoms with Crippen molar-refractivity contribution in [3.05, 3.63) is 82.9 Å². The molecule has 1 saturated heterocycles. The maximum Gasteiger partial charge on any atom is 0.408 e. The van der Waals surface area contributed by atoms with E-state index >= 15 is 0 Å². The molecular weight excluding hydrogens is 714 g/mol. The van der Waals surface area contributed by atoms with E-state index in [1.165, 1.54) is 26.0 Å². The molecule has 298 valence electrons. The molecule has 6 rings (SSSR count). The monoisotopic (exact) mass is 765 g/mol. The number of esters is 2. The third-order valence-electron chi connectivity index (χ3n) is 12.3. The molecule has 0 spiro atoms. The maximum absolute atomic E-state index is 14.7. The van der Waals surface area contributed by atoms with Crippen LogP contribution in [0.3, 0.4) is 0 Å². The minimum absolute atomic E-state index is 0.0448. The Hall–Kier alpha value is -4.18. The summed E-state index contributed by atoms with van der Waals surface area (Å²) in [7, 11) is 0. The van der Waals surface area contributed by atoms with Crippen LogP contribution < -0.4 is 5.32 Å². The van der Waals surface area contributed by atoms with Crippen LogP contribution in [0.15, 0.2) is 71.8 Å². The third-order valence-corrected chi connectivity index (χ3v) is 12.3. The van der Waals surface area contributed by atoms with Crippen molar-refractivity contribution in [2.24, 2.45) is 16.7 Å². The minimum atomic E-state index is -2.31. The summed E-state index contributed by atoms with van der Waals surface area (Å²) in [5.74, 6) is -4.55. The van der Waals surface area contributed by atoms with Gasteiger partial charge >= 0.3 is 18.0 Å². The van der Waals surface area contributed by atoms with E-state index in [1.807, 2.05) is 0 Å². The second-order valence-corrected chi connectivity index (χ2v) is 17.0. The van der Waals surface area contributed by atoms with Gasteiger partial charge in [0.1, 0.15) is 35.1 Å². The molecule has 3 fully saturated rings. The van der Waals surface area contributed by atoms with Crippen molar-refractivity contribution in [2.75, 3.05) is 6.61 Å². The Balaban J connectivity index is 1.45. The topological polar surface area (TPSA) is 218 Å². The number of hydrogen-bond donors (Lipinski definition) is 6. The van der Waals surface area contributed by atoms with Gasteiger partial charge in [-0.05, 0) is 63.5 Å². The van der Waals surface area contributed by atoms with E-state index in [4.69, 9.17) is 18.9 Å². The Morgan fingerprint density at radius 3 is 2.11 bits per heavy atom. The molecule has 4 aliphatic rings. The van der Waals surface area contributed by atoms with E-state index < -0.39 is 106 Å². The first kappa shape index (κ1) is 40.5. The summed E-state index contributed by atoms with van der Waals surface area (Å²) >= 11 is 0. The second-order valence-electron chi connectivity index (χ2n) is 17.0. The Labute approximate surface area is 319 Å². The molecule has 14 nitrogen and oxygen atoms in total. The summed E-state index contributed by atoms with van der Waals surface area (Å²) in [5, 5.41) is 63.2. The SMILES string of the molecule is CC1=C2C(O)C(=O)[C@@]3(C)[C@H]([C@H](OC(=O)c4ccccc4)[C@](O)(CC1OC(=O)C(O)C(NC(=O)OC(C)(C)C)c1ccccc1)C2(C)C)C1(O)COC1C[C@@H]3O. The lowest BCUT2D eigenvalue weighted by Crippen LogP contribution is -2.81. The van der Waals surface area contributed by atoms with Gasteiger partial charge in [-0.1, -0.05) is 62.4 Å². The van der Waals surface area contributed by atoms with E-state index in [9.17, 15) is 44.7 Å². The number of fused-ring (bicyclic) bond motifs is 5. The number of aliphatic hydroxyl groups is 5. The van der Waals surface area contributed by atoms with Crippen LogP contribution in [0.25, 0.3) is 0 Å². The summed E-state index contributed by atoms with van der Waals surface area (Å²) in [6, 6.07) is 14.7. The summed E-state index contributed by atoms with van der Waals surface area (Å²) in [5.41, 5.74) is -8.10. The van der Waals surface area contributed by atoms with E-state index in [1.54, 1.807) is 83.1 Å². The maximum atomic E-state index is 14.7. The van der Waals surface area contributed by atoms with Crippen LogP contribution >= 0.6 is 0 Å². The molecule has 11 atom stereocenters. The van der Waals surface area contributed by atoms with Crippen molar-refractivity contribution in [2.45, 2.75) is 121 Å². The average Bonchev–Trinajstić information content (AvgIpc) is 3.12. The zero-order valence-electron chi connectivity index (χ0n) is 32.0. The number of rotatable bonds is 7. The molecule has 2 aromatic rings. The van der Waals surface area contributed by atoms with Gasteiger partial charge in [0.25, 0.3) is 0 Å². The number of aliphatic hydroxyl groups excluding tert-OH is 3. The lowest BCUT2D eigenvalue weighted by molar-refractivity contribution is -0.343. The number of ether oxygens (including phenoxy) is 4. The van der Waals surface area contributed by atoms with E-state index in [0.29, 0.717) is 5.56 Å². The quantitative estimate of drug-likeness (QED) is 0.136. The summed E-state index contributed by atoms with van der Waals surface area (Å²) in [6.45, 7) is 10.6. The fourth-order valence-corrected chi connectivity index (χ4v) is 9.16. The molecule has 6 N–H and O–H groups in total. The van der Waals surface area contributed by atoms with Gasteiger partial charge in [-0.2, -0.15) is 0 Å². The molecule has 1 heterocycles. The number of carbonyl (C=O) groups is 4. The Morgan fingerprint density at radius 2 is 1.55 bits per heavy atom. The number of ketones is 1. The van der Waals surface area contributed by atoms with Crippen LogP contribution in [0.4, 0.5) is 4.79 Å². The Kier molecular flexibility index (Phi) is 10.4. The van der Waals surface area contributed by atoms with Crippen molar-refractivity contribution >= 4 is 23.8 Å². The van der Waals surface area contributed by atoms with E-state index in [0.717, 1.165) is 0 Å². The van der Waals surface area contributed by atoms with Crippen LogP contribution in [0, 0.1) is 16.7 Å². The molecule has 55 heavy (non-hydrogen) atoms. The Bertz CT molecular complexity index is 1860. The molecule has 2 bridgehead atoms. The van der Waals surface area contributed by atoms with E-state index in [2.05, 4.69) is 5.32 Å². The molecule has 2 aromatic carbocycles. The largest absolute Gasteiger partial charge is 0.456 e. The van der Waals surface area contributed by atoms with E-state index in [-0.39, 0.29) is 29.7 Å². The number of carbonyl (C=O) groups excluding carboxylic acids is 4. The van der Waals surface area contributed by atoms with Crippen molar-refractivity contribution in [1.82, 2.24) is 5.32 Å². The number of benzene rings is 2. The van der Waals surface area contributed by atoms with Crippen LogP contribution in [-0.2, 0) is 28.5 Å². The normalized spacial score (nSPS) is 35.0. The number of amides is 1. The first-order valence-electron chi connectivity index (χ1n) is 18.4. The van der Waals surface area contributed by atoms with Gasteiger partial charge in [-0.3, -0.25) is 4.79 Å². The van der Waals surface area contributed by atoms with Crippen molar-refractivity contribution in [3.8, 4) is 0 Å². The molecule has 6 unspecified atom stereocenters. The molecule has 1 amide bonds. The first-order valence-corrected chi connectivity index (χ1v) is 18.4. The van der Waals surface area contributed by atoms with Gasteiger partial charge < -0.3 is 49.8 Å². The molecule has 14 heteroatoms. The second kappa shape index (κ2) is 14.1. The lowest BCUT2D eigenvalue weighted by atomic mass is 9.44. The van der Waals surface area contributed by atoms with Gasteiger partial charge in [-0.15, -0.1) is 0 Å². The fourth-order valence-electron chi connectivity index (χ4n) is 9.16. The third kappa shape index (κ3) is 6.66. The molecular formula is C41H51NO13. The average molecular weight is 766 g/mol. The van der Waals surface area contributed by atoms with Crippen molar-refractivity contribution < 1.29 is 63.7 Å². The highest BCUT2D eigenvalue weighted by molar-refractivity contribution is 5.94. The smallest absolute Gasteiger partial charge is 0.408 e. The highest BCUT2D eigenvalue weighted by Crippen LogP contribution is 2.63. The van der Waals surface area contributed by atoms with Gasteiger partial charge in [0.15, 0.2) is 11.9 Å². The number of alkyl carbamates (subject to hydrolysis) is 1. The zero-order chi connectivity index (χ0) is 40.5. The molecule has 3 aliphatic carbocycles. The molecule has 0 radical (unpaired) electrons. The lowest BCUT2D eigenvalue weighted by Gasteiger charge is -2.66. The highest BCUT2D eigenvalue weighted by atomic mass is 16.6. The summed E-state index contributed by atoms with van der Waals surface area (Å²) in [4.78, 5) is 55.5. The van der Waals surface area contributed by atoms with Crippen LogP contribution in [0.2, 0.25) is 0 Å². The predicted molar refractivity (Wildman–Crippen MR) is 194 cm³/mol. The van der Waals surface area contributed by atoms with Crippen molar-refractivity contribution in [3.63, 3.8) is 0 Å². The minimum Gasteiger partial charge on any atom is -0.456 e. The van der Waals surface area contributed by atoms with Gasteiger partial charge in [0, 0.05) is 24.2 Å². The highest BCUT2D eigenvalue weighted by Gasteiger charge is 2.76. The molecule has 2 saturated carbocycles. The molecule has 1 aliphatic heterocycles. The number of nitrogens with one attached hydrogen (secondary N) is 1. The van der Waals surface area contributed by atoms with Crippen LogP contribution in [0.5, 0.6) is 0 Å². The van der Waals surface area contributed by atoms with Crippen LogP contribution in [0.1, 0.15) is 83.3 Å². The van der Waals surface area contributed by atoms with Crippen LogP contribution in [-0.4, -0.2) is 109 Å². The van der Waals surface area contributed by atoms with Gasteiger partial charge in [-0.25, -0.2) is 14.4 Å². The summed E-state index contributed by atoms with van der Waals surface area (Å²) < 4.78 is 23.2. The predicted octanol–water partition coefficient (Wildman–Crippen LogP) is 2.69. The zero-order valence-corrected chi connectivity index (χ0v) is 32.0. The standard InChI is InChI=1S/C41H51NO13/c1-21-24(53-35(48)30(45)28(22-14-10-8-11-15-22)42-36(49)55-37(2,3)4)19-41(51)33(54-34(47)23-16-12-9-13-17-23)31-39(7,25(43)18-26-40(31,50)20-52-26)32(46)29(44)27(21)38(41,5)6/h8-17,24-26,28-31,33,43-45,50-51H,18-20H2,1-7H3,(H,42,49)/t24?,25-,26?,28?,29?,30?,31-,33-,39+,40?,41+/m0/s1. The summed E-state index contributed by atoms with van der Waals surface area (Å²) in [6.07, 6.45) is -11.3. The number of hydrogen-bond acceptors (Lipinski definition) is 13. The first-order chi connectivity index (χ1) is 25.6. The van der Waals surface area contributed by atoms with Gasteiger partial charge in [0.05, 0.1) is 35.8 Å². The van der Waals surface area contributed by atoms with Gasteiger partial charge in [0.2, 0.25) is 0 Å². The fraction of sp³-hybridized carbons (Fsp3) is 0.561. The molecule has 0 aromatic heterocycles.